The number of sulfonamides is 1. The maximum atomic E-state index is 12.5. The number of fused-ring (bicyclic) bond motifs is 1. The molecular formula is C16H16BrNO5S. The number of halogens is 1. The van der Waals surface area contributed by atoms with Crippen LogP contribution in [-0.4, -0.2) is 28.9 Å². The van der Waals surface area contributed by atoms with E-state index in [2.05, 4.69) is 20.7 Å². The molecule has 24 heavy (non-hydrogen) atoms. The fourth-order valence-electron chi connectivity index (χ4n) is 2.36. The minimum Gasteiger partial charge on any atom is -0.495 e. The van der Waals surface area contributed by atoms with Gasteiger partial charge in [-0.3, -0.25) is 0 Å². The normalized spacial score (nSPS) is 13.1. The van der Waals surface area contributed by atoms with Gasteiger partial charge in [-0.15, -0.1) is 0 Å². The largest absolute Gasteiger partial charge is 0.495 e. The van der Waals surface area contributed by atoms with Gasteiger partial charge < -0.3 is 14.2 Å². The quantitative estimate of drug-likeness (QED) is 0.787. The van der Waals surface area contributed by atoms with Gasteiger partial charge in [-0.05, 0) is 42.3 Å². The van der Waals surface area contributed by atoms with Gasteiger partial charge in [-0.2, -0.15) is 0 Å². The third-order valence-corrected chi connectivity index (χ3v) is 5.53. The molecule has 0 bridgehead atoms. The maximum Gasteiger partial charge on any atom is 0.244 e. The van der Waals surface area contributed by atoms with Crippen LogP contribution in [0.1, 0.15) is 5.56 Å². The fourth-order valence-corrected chi connectivity index (χ4v) is 4.10. The van der Waals surface area contributed by atoms with Gasteiger partial charge in [0.25, 0.3) is 0 Å². The van der Waals surface area contributed by atoms with Crippen molar-refractivity contribution in [2.24, 2.45) is 0 Å². The monoisotopic (exact) mass is 413 g/mol. The number of methoxy groups -OCH3 is 1. The first-order chi connectivity index (χ1) is 11.5. The van der Waals surface area contributed by atoms with E-state index in [0.29, 0.717) is 28.1 Å². The van der Waals surface area contributed by atoms with Crippen molar-refractivity contribution in [3.63, 3.8) is 0 Å². The van der Waals surface area contributed by atoms with Crippen LogP contribution in [0.25, 0.3) is 0 Å². The van der Waals surface area contributed by atoms with Crippen LogP contribution in [0.2, 0.25) is 0 Å². The van der Waals surface area contributed by atoms with Gasteiger partial charge in [0, 0.05) is 11.0 Å². The van der Waals surface area contributed by atoms with Gasteiger partial charge in [0.05, 0.1) is 7.11 Å². The van der Waals surface area contributed by atoms with Crippen LogP contribution in [0.4, 0.5) is 0 Å². The third-order valence-electron chi connectivity index (χ3n) is 3.56. The molecule has 2 aromatic carbocycles. The number of hydrogen-bond acceptors (Lipinski definition) is 5. The summed E-state index contributed by atoms with van der Waals surface area (Å²) in [5, 5.41) is 0. The van der Waals surface area contributed by atoms with E-state index in [0.717, 1.165) is 5.56 Å². The van der Waals surface area contributed by atoms with Crippen LogP contribution in [0.3, 0.4) is 0 Å². The van der Waals surface area contributed by atoms with Gasteiger partial charge in [-0.1, -0.05) is 22.0 Å². The van der Waals surface area contributed by atoms with Crippen LogP contribution < -0.4 is 18.9 Å². The summed E-state index contributed by atoms with van der Waals surface area (Å²) in [5.74, 6) is 1.69. The fraction of sp³-hybridized carbons (Fsp3) is 0.250. The molecule has 0 unspecified atom stereocenters. The van der Waals surface area contributed by atoms with Crippen LogP contribution in [-0.2, 0) is 16.4 Å². The smallest absolute Gasteiger partial charge is 0.244 e. The number of rotatable bonds is 6. The summed E-state index contributed by atoms with van der Waals surface area (Å²) in [4.78, 5) is 0.102. The number of benzene rings is 2. The summed E-state index contributed by atoms with van der Waals surface area (Å²) in [6.45, 7) is 0.478. The number of hydrogen-bond donors (Lipinski definition) is 1. The first-order valence-electron chi connectivity index (χ1n) is 7.21. The lowest BCUT2D eigenvalue weighted by Gasteiger charge is -2.11. The van der Waals surface area contributed by atoms with Crippen molar-refractivity contribution < 1.29 is 22.6 Å². The summed E-state index contributed by atoms with van der Waals surface area (Å²) in [5.41, 5.74) is 0.961. The van der Waals surface area contributed by atoms with Gasteiger partial charge in [-0.25, -0.2) is 13.1 Å². The van der Waals surface area contributed by atoms with Crippen molar-refractivity contribution in [2.75, 3.05) is 20.4 Å². The highest BCUT2D eigenvalue weighted by Gasteiger charge is 2.20. The third kappa shape index (κ3) is 3.66. The highest BCUT2D eigenvalue weighted by atomic mass is 79.9. The molecule has 0 spiro atoms. The van der Waals surface area contributed by atoms with Gasteiger partial charge in [0.1, 0.15) is 10.6 Å². The molecule has 0 saturated carbocycles. The second-order valence-corrected chi connectivity index (χ2v) is 7.78. The molecule has 1 N–H and O–H groups in total. The maximum absolute atomic E-state index is 12.5. The molecule has 1 heterocycles. The van der Waals surface area contributed by atoms with E-state index in [4.69, 9.17) is 14.2 Å². The second kappa shape index (κ2) is 7.00. The van der Waals surface area contributed by atoms with Gasteiger partial charge in [0.15, 0.2) is 11.5 Å². The summed E-state index contributed by atoms with van der Waals surface area (Å²) in [6, 6.07) is 10.4. The second-order valence-electron chi connectivity index (χ2n) is 5.13. The zero-order valence-corrected chi connectivity index (χ0v) is 15.3. The first-order valence-corrected chi connectivity index (χ1v) is 9.49. The van der Waals surface area contributed by atoms with Crippen LogP contribution in [0.5, 0.6) is 17.2 Å². The van der Waals surface area contributed by atoms with Gasteiger partial charge in [0.2, 0.25) is 16.8 Å². The molecular weight excluding hydrogens is 398 g/mol. The average Bonchev–Trinajstić information content (AvgIpc) is 3.02. The van der Waals surface area contributed by atoms with E-state index in [9.17, 15) is 8.42 Å². The lowest BCUT2D eigenvalue weighted by atomic mass is 10.1. The van der Waals surface area contributed by atoms with Crippen molar-refractivity contribution >= 4 is 26.0 Å². The molecule has 0 radical (unpaired) electrons. The summed E-state index contributed by atoms with van der Waals surface area (Å²) in [6.07, 6.45) is 0.534. The highest BCUT2D eigenvalue weighted by molar-refractivity contribution is 9.10. The van der Waals surface area contributed by atoms with E-state index in [1.165, 1.54) is 13.2 Å². The Hall–Kier alpha value is -1.77. The van der Waals surface area contributed by atoms with Crippen molar-refractivity contribution in [3.8, 4) is 17.2 Å². The van der Waals surface area contributed by atoms with Crippen molar-refractivity contribution in [3.05, 3.63) is 46.4 Å². The van der Waals surface area contributed by atoms with E-state index < -0.39 is 10.0 Å². The molecule has 3 rings (SSSR count). The van der Waals surface area contributed by atoms with E-state index in [1.807, 2.05) is 18.2 Å². The SMILES string of the molecule is COc1ccc(Br)cc1S(=O)(=O)NCCc1ccc2c(c1)OCO2. The van der Waals surface area contributed by atoms with E-state index in [1.54, 1.807) is 12.1 Å². The topological polar surface area (TPSA) is 73.9 Å². The standard InChI is InChI=1S/C16H16BrNO5S/c1-21-14-5-3-12(17)9-16(14)24(19,20)18-7-6-11-2-4-13-15(8-11)23-10-22-13/h2-5,8-9,18H,6-7,10H2,1H3. The highest BCUT2D eigenvalue weighted by Crippen LogP contribution is 2.32. The van der Waals surface area contributed by atoms with Crippen LogP contribution >= 0.6 is 15.9 Å². The minimum atomic E-state index is -3.67. The average molecular weight is 414 g/mol. The molecule has 0 fully saturated rings. The summed E-state index contributed by atoms with van der Waals surface area (Å²) >= 11 is 3.28. The predicted molar refractivity (Wildman–Crippen MR) is 92.2 cm³/mol. The van der Waals surface area contributed by atoms with Crippen molar-refractivity contribution in [1.29, 1.82) is 0 Å². The summed E-state index contributed by atoms with van der Waals surface area (Å²) < 4.78 is 43.9. The molecule has 2 aromatic rings. The molecule has 0 saturated heterocycles. The lowest BCUT2D eigenvalue weighted by molar-refractivity contribution is 0.174. The Morgan fingerprint density at radius 1 is 1.17 bits per heavy atom. The summed E-state index contributed by atoms with van der Waals surface area (Å²) in [7, 11) is -2.23. The Balaban J connectivity index is 1.68. The van der Waals surface area contributed by atoms with Crippen molar-refractivity contribution in [2.45, 2.75) is 11.3 Å². The zero-order chi connectivity index (χ0) is 17.2. The Bertz CT molecular complexity index is 854. The number of ether oxygens (including phenoxy) is 3. The molecule has 1 aliphatic rings. The molecule has 0 amide bonds. The van der Waals surface area contributed by atoms with E-state index in [-0.39, 0.29) is 18.2 Å². The van der Waals surface area contributed by atoms with Crippen LogP contribution in [0, 0.1) is 0 Å². The van der Waals surface area contributed by atoms with Gasteiger partial charge >= 0.3 is 0 Å². The molecule has 128 valence electrons. The first kappa shape index (κ1) is 17.1. The van der Waals surface area contributed by atoms with E-state index >= 15 is 0 Å². The molecule has 6 nitrogen and oxygen atoms in total. The lowest BCUT2D eigenvalue weighted by Crippen LogP contribution is -2.26. The van der Waals surface area contributed by atoms with Crippen molar-refractivity contribution in [1.82, 2.24) is 4.72 Å². The predicted octanol–water partition coefficient (Wildman–Crippen LogP) is 2.71. The molecule has 1 aliphatic heterocycles. The molecule has 0 aliphatic carbocycles. The minimum absolute atomic E-state index is 0.102. The molecule has 8 heteroatoms. The number of nitrogens with one attached hydrogen (secondary N) is 1. The molecule has 0 aromatic heterocycles. The Kier molecular flexibility index (Phi) is 4.98. The van der Waals surface area contributed by atoms with Crippen LogP contribution in [0.15, 0.2) is 45.8 Å². The Morgan fingerprint density at radius 2 is 1.96 bits per heavy atom. The Labute approximate surface area is 148 Å². The Morgan fingerprint density at radius 3 is 2.75 bits per heavy atom. The zero-order valence-electron chi connectivity index (χ0n) is 12.9. The molecule has 0 atom stereocenters.